The number of ether oxygens (including phenoxy) is 1. The van der Waals surface area contributed by atoms with Gasteiger partial charge in [0.2, 0.25) is 0 Å². The molecule has 1 aromatic carbocycles. The van der Waals surface area contributed by atoms with Crippen LogP contribution in [0.15, 0.2) is 30.5 Å². The van der Waals surface area contributed by atoms with Gasteiger partial charge in [0.25, 0.3) is 0 Å². The first-order valence-corrected chi connectivity index (χ1v) is 6.35. The summed E-state index contributed by atoms with van der Waals surface area (Å²) in [6.45, 7) is 0. The number of benzene rings is 1. The lowest BCUT2D eigenvalue weighted by atomic mass is 10.0. The molecule has 0 N–H and O–H groups in total. The highest BCUT2D eigenvalue weighted by atomic mass is 35.5. The van der Waals surface area contributed by atoms with Gasteiger partial charge in [-0.1, -0.05) is 17.7 Å². The third-order valence-corrected chi connectivity index (χ3v) is 3.40. The van der Waals surface area contributed by atoms with E-state index in [4.69, 9.17) is 28.6 Å². The molecule has 6 heteroatoms. The molecular weight excluding hydrogens is 301 g/mol. The molecule has 0 radical (unpaired) electrons. The van der Waals surface area contributed by atoms with Gasteiger partial charge >= 0.3 is 0 Å². The topological polar surface area (TPSA) is 39.2 Å². The zero-order chi connectivity index (χ0) is 14.7. The van der Waals surface area contributed by atoms with Crippen LogP contribution in [0.2, 0.25) is 5.02 Å². The number of methoxy groups -OCH3 is 1. The Hall–Kier alpha value is -1.85. The maximum absolute atomic E-state index is 13.9. The largest absolute Gasteiger partial charge is 0.486 e. The second-order valence-electron chi connectivity index (χ2n) is 3.83. The molecule has 0 fully saturated rings. The first-order valence-electron chi connectivity index (χ1n) is 5.57. The van der Waals surface area contributed by atoms with Gasteiger partial charge in [-0.2, -0.15) is 0 Å². The molecule has 0 aliphatic rings. The number of rotatable bonds is 3. The summed E-state index contributed by atoms with van der Waals surface area (Å²) in [4.78, 5) is 15.3. The predicted molar refractivity (Wildman–Crippen MR) is 78.7 cm³/mol. The van der Waals surface area contributed by atoms with Crippen molar-refractivity contribution in [2.45, 2.75) is 0 Å². The van der Waals surface area contributed by atoms with Crippen molar-refractivity contribution in [1.29, 1.82) is 0 Å². The van der Waals surface area contributed by atoms with Crippen molar-refractivity contribution in [2.75, 3.05) is 7.11 Å². The van der Waals surface area contributed by atoms with E-state index in [1.54, 1.807) is 12.1 Å². The first-order chi connectivity index (χ1) is 9.60. The Balaban J connectivity index is 2.73. The number of pyridine rings is 1. The van der Waals surface area contributed by atoms with E-state index in [0.717, 1.165) is 0 Å². The van der Waals surface area contributed by atoms with E-state index < -0.39 is 5.82 Å². The van der Waals surface area contributed by atoms with Gasteiger partial charge < -0.3 is 4.74 Å². The van der Waals surface area contributed by atoms with E-state index in [2.05, 4.69) is 4.98 Å². The van der Waals surface area contributed by atoms with E-state index in [9.17, 15) is 9.18 Å². The highest BCUT2D eigenvalue weighted by Gasteiger charge is 2.18. The van der Waals surface area contributed by atoms with Gasteiger partial charge in [0.05, 0.1) is 29.0 Å². The Morgan fingerprint density at radius 1 is 1.45 bits per heavy atom. The predicted octanol–water partition coefficient (Wildman–Crippen LogP) is 3.68. The molecule has 0 amide bonds. The Labute approximate surface area is 125 Å². The van der Waals surface area contributed by atoms with Crippen molar-refractivity contribution in [3.63, 3.8) is 0 Å². The number of hydrogen-bond donors (Lipinski definition) is 0. The van der Waals surface area contributed by atoms with Crippen LogP contribution in [0.1, 0.15) is 15.9 Å². The van der Waals surface area contributed by atoms with Crippen molar-refractivity contribution < 1.29 is 13.9 Å². The minimum atomic E-state index is -0.779. The summed E-state index contributed by atoms with van der Waals surface area (Å²) < 4.78 is 18.9. The zero-order valence-corrected chi connectivity index (χ0v) is 12.0. The van der Waals surface area contributed by atoms with Crippen LogP contribution in [-0.2, 0) is 4.74 Å². The summed E-state index contributed by atoms with van der Waals surface area (Å²) in [7, 11) is 1.43. The standard InChI is InChI=1S/C14H9ClFNO2S/c1-19-14(20)9-3-2-6-17-13(9)8-4-5-11(15)12(16)10(8)7-18/h2-7H,1H3. The van der Waals surface area contributed by atoms with Gasteiger partial charge in [-0.25, -0.2) is 4.39 Å². The monoisotopic (exact) mass is 309 g/mol. The molecule has 2 rings (SSSR count). The highest BCUT2D eigenvalue weighted by molar-refractivity contribution is 7.80. The minimum absolute atomic E-state index is 0.123. The minimum Gasteiger partial charge on any atom is -0.486 e. The molecule has 0 bridgehead atoms. The summed E-state index contributed by atoms with van der Waals surface area (Å²) in [6.07, 6.45) is 1.93. The van der Waals surface area contributed by atoms with E-state index in [1.807, 2.05) is 0 Å². The van der Waals surface area contributed by atoms with Crippen molar-refractivity contribution in [3.05, 3.63) is 52.4 Å². The molecule has 0 saturated heterocycles. The van der Waals surface area contributed by atoms with Gasteiger partial charge in [-0.3, -0.25) is 9.78 Å². The average molecular weight is 310 g/mol. The van der Waals surface area contributed by atoms with E-state index in [1.165, 1.54) is 25.4 Å². The molecule has 102 valence electrons. The summed E-state index contributed by atoms with van der Waals surface area (Å²) in [5, 5.41) is 0.0861. The van der Waals surface area contributed by atoms with E-state index in [0.29, 0.717) is 23.1 Å². The highest BCUT2D eigenvalue weighted by Crippen LogP contribution is 2.30. The van der Waals surface area contributed by atoms with Gasteiger partial charge in [-0.15, -0.1) is 0 Å². The number of hydrogen-bond acceptors (Lipinski definition) is 4. The number of carbonyl (C=O) groups excluding carboxylic acids is 1. The van der Waals surface area contributed by atoms with Gasteiger partial charge in [0, 0.05) is 11.8 Å². The lowest BCUT2D eigenvalue weighted by Gasteiger charge is -2.11. The molecular formula is C14H9ClFNO2S. The molecule has 0 atom stereocenters. The van der Waals surface area contributed by atoms with Crippen LogP contribution < -0.4 is 0 Å². The van der Waals surface area contributed by atoms with Crippen LogP contribution in [0, 0.1) is 5.82 Å². The normalized spacial score (nSPS) is 10.2. The van der Waals surface area contributed by atoms with Crippen molar-refractivity contribution in [1.82, 2.24) is 4.98 Å². The van der Waals surface area contributed by atoms with Crippen molar-refractivity contribution >= 4 is 35.2 Å². The maximum atomic E-state index is 13.9. The number of thiocarbonyl (C=S) groups is 1. The van der Waals surface area contributed by atoms with Crippen LogP contribution in [0.25, 0.3) is 11.3 Å². The molecule has 0 aliphatic carbocycles. The van der Waals surface area contributed by atoms with Gasteiger partial charge in [-0.05, 0) is 30.4 Å². The van der Waals surface area contributed by atoms with Crippen molar-refractivity contribution in [2.24, 2.45) is 0 Å². The fourth-order valence-corrected chi connectivity index (χ4v) is 2.11. The van der Waals surface area contributed by atoms with Crippen LogP contribution in [0.4, 0.5) is 4.39 Å². The fraction of sp³-hybridized carbons (Fsp3) is 0.0714. The van der Waals surface area contributed by atoms with Gasteiger partial charge in [0.15, 0.2) is 17.2 Å². The third-order valence-electron chi connectivity index (χ3n) is 2.72. The smallest absolute Gasteiger partial charge is 0.193 e. The van der Waals surface area contributed by atoms with E-state index >= 15 is 0 Å². The molecule has 2 aromatic rings. The lowest BCUT2D eigenvalue weighted by molar-refractivity contribution is 0.112. The summed E-state index contributed by atoms with van der Waals surface area (Å²) >= 11 is 10.8. The number of aldehydes is 1. The maximum Gasteiger partial charge on any atom is 0.193 e. The second-order valence-corrected chi connectivity index (χ2v) is 4.61. The third kappa shape index (κ3) is 2.55. The lowest BCUT2D eigenvalue weighted by Crippen LogP contribution is -2.05. The first kappa shape index (κ1) is 14.6. The molecule has 1 aromatic heterocycles. The number of halogens is 2. The molecule has 20 heavy (non-hydrogen) atoms. The Morgan fingerprint density at radius 2 is 2.20 bits per heavy atom. The van der Waals surface area contributed by atoms with E-state index in [-0.39, 0.29) is 15.6 Å². The second kappa shape index (κ2) is 6.07. The van der Waals surface area contributed by atoms with Crippen molar-refractivity contribution in [3.8, 4) is 11.3 Å². The summed E-state index contributed by atoms with van der Waals surface area (Å²) in [6, 6.07) is 6.26. The van der Waals surface area contributed by atoms with Crippen LogP contribution in [0.5, 0.6) is 0 Å². The number of aromatic nitrogens is 1. The summed E-state index contributed by atoms with van der Waals surface area (Å²) in [5.41, 5.74) is 1.04. The molecule has 0 unspecified atom stereocenters. The molecule has 1 heterocycles. The molecule has 0 saturated carbocycles. The van der Waals surface area contributed by atoms with Crippen LogP contribution in [0.3, 0.4) is 0 Å². The quantitative estimate of drug-likeness (QED) is 0.640. The molecule has 0 spiro atoms. The van der Waals surface area contributed by atoms with Crippen LogP contribution in [-0.4, -0.2) is 23.4 Å². The number of nitrogens with zero attached hydrogens (tertiary/aromatic N) is 1. The molecule has 0 aliphatic heterocycles. The molecule has 3 nitrogen and oxygen atoms in total. The fourth-order valence-electron chi connectivity index (χ4n) is 1.78. The van der Waals surface area contributed by atoms with Gasteiger partial charge in [0.1, 0.15) is 0 Å². The Kier molecular flexibility index (Phi) is 4.42. The Bertz CT molecular complexity index is 691. The zero-order valence-electron chi connectivity index (χ0n) is 10.4. The Morgan fingerprint density at radius 3 is 2.85 bits per heavy atom. The van der Waals surface area contributed by atoms with Crippen LogP contribution >= 0.6 is 23.8 Å². The average Bonchev–Trinajstić information content (AvgIpc) is 2.49. The summed E-state index contributed by atoms with van der Waals surface area (Å²) in [5.74, 6) is -0.779. The number of carbonyl (C=O) groups is 1. The SMILES string of the molecule is COC(=S)c1cccnc1-c1ccc(Cl)c(F)c1C=O.